The van der Waals surface area contributed by atoms with Gasteiger partial charge in [0.1, 0.15) is 10.7 Å². The first-order valence-corrected chi connectivity index (χ1v) is 6.52. The number of rotatable bonds is 3. The Labute approximate surface area is 101 Å². The number of nitrogens with zero attached hydrogens (tertiary/aromatic N) is 2. The largest absolute Gasteiger partial charge is 0.344 e. The number of aryl methyl sites for hydroxylation is 2. The summed E-state index contributed by atoms with van der Waals surface area (Å²) >= 11 is 3.02. The molecular formula is C10H11N3OS2. The van der Waals surface area contributed by atoms with E-state index in [2.05, 4.69) is 15.3 Å². The Hall–Kier alpha value is -1.27. The first kappa shape index (κ1) is 11.2. The monoisotopic (exact) mass is 253 g/mol. The van der Waals surface area contributed by atoms with Crippen LogP contribution in [0.2, 0.25) is 0 Å². The Morgan fingerprint density at radius 1 is 1.50 bits per heavy atom. The Kier molecular flexibility index (Phi) is 3.31. The molecule has 2 aromatic heterocycles. The van der Waals surface area contributed by atoms with Gasteiger partial charge in [0.25, 0.3) is 5.91 Å². The molecule has 0 aliphatic heterocycles. The van der Waals surface area contributed by atoms with Crippen LogP contribution >= 0.6 is 22.7 Å². The number of nitrogens with one attached hydrogen (secondary N) is 1. The number of carbonyl (C=O) groups is 1. The van der Waals surface area contributed by atoms with E-state index in [9.17, 15) is 4.79 Å². The second-order valence-corrected chi connectivity index (χ2v) is 5.31. The van der Waals surface area contributed by atoms with Gasteiger partial charge >= 0.3 is 0 Å². The zero-order chi connectivity index (χ0) is 11.5. The van der Waals surface area contributed by atoms with Crippen molar-refractivity contribution in [2.45, 2.75) is 20.4 Å². The van der Waals surface area contributed by atoms with Crippen molar-refractivity contribution in [2.75, 3.05) is 0 Å². The maximum absolute atomic E-state index is 11.6. The number of hydrogen-bond donors (Lipinski definition) is 1. The number of hydrogen-bond acceptors (Lipinski definition) is 5. The zero-order valence-corrected chi connectivity index (χ0v) is 10.6. The molecule has 1 amide bonds. The Balaban J connectivity index is 1.95. The molecule has 0 saturated heterocycles. The van der Waals surface area contributed by atoms with Crippen molar-refractivity contribution >= 4 is 28.6 Å². The lowest BCUT2D eigenvalue weighted by Crippen LogP contribution is -2.22. The van der Waals surface area contributed by atoms with Gasteiger partial charge in [0.15, 0.2) is 0 Å². The molecule has 0 radical (unpaired) electrons. The minimum atomic E-state index is -0.147. The van der Waals surface area contributed by atoms with Crippen LogP contribution in [0.5, 0.6) is 0 Å². The van der Waals surface area contributed by atoms with E-state index in [0.717, 1.165) is 10.7 Å². The predicted molar refractivity (Wildman–Crippen MR) is 64.9 cm³/mol. The van der Waals surface area contributed by atoms with Crippen LogP contribution in [0.3, 0.4) is 0 Å². The number of thiazole rings is 2. The summed E-state index contributed by atoms with van der Waals surface area (Å²) in [5.41, 5.74) is 3.14. The van der Waals surface area contributed by atoms with Gasteiger partial charge in [-0.05, 0) is 13.8 Å². The third-order valence-corrected chi connectivity index (χ3v) is 3.80. The third-order valence-electron chi connectivity index (χ3n) is 2.14. The van der Waals surface area contributed by atoms with Crippen molar-refractivity contribution < 1.29 is 4.79 Å². The third kappa shape index (κ3) is 2.45. The molecule has 0 saturated carbocycles. The molecular weight excluding hydrogens is 242 g/mol. The SMILES string of the molecule is Cc1nc(CNC(=O)c2cscn2)sc1C. The van der Waals surface area contributed by atoms with Crippen molar-refractivity contribution in [1.29, 1.82) is 0 Å². The summed E-state index contributed by atoms with van der Waals surface area (Å²) in [6, 6.07) is 0. The summed E-state index contributed by atoms with van der Waals surface area (Å²) in [7, 11) is 0. The van der Waals surface area contributed by atoms with Crippen molar-refractivity contribution in [3.63, 3.8) is 0 Å². The zero-order valence-electron chi connectivity index (χ0n) is 8.98. The van der Waals surface area contributed by atoms with E-state index in [-0.39, 0.29) is 5.91 Å². The summed E-state index contributed by atoms with van der Waals surface area (Å²) in [5, 5.41) is 5.45. The summed E-state index contributed by atoms with van der Waals surface area (Å²) in [6.45, 7) is 4.46. The molecule has 2 aromatic rings. The fraction of sp³-hybridized carbons (Fsp3) is 0.300. The maximum atomic E-state index is 11.6. The van der Waals surface area contributed by atoms with Gasteiger partial charge in [-0.3, -0.25) is 4.79 Å². The topological polar surface area (TPSA) is 54.9 Å². The fourth-order valence-corrected chi connectivity index (χ4v) is 2.59. The van der Waals surface area contributed by atoms with E-state index in [4.69, 9.17) is 0 Å². The highest BCUT2D eigenvalue weighted by atomic mass is 32.1. The van der Waals surface area contributed by atoms with E-state index in [0.29, 0.717) is 12.2 Å². The lowest BCUT2D eigenvalue weighted by Gasteiger charge is -1.99. The highest BCUT2D eigenvalue weighted by Gasteiger charge is 2.09. The van der Waals surface area contributed by atoms with E-state index >= 15 is 0 Å². The Morgan fingerprint density at radius 3 is 2.88 bits per heavy atom. The first-order valence-electron chi connectivity index (χ1n) is 4.76. The second-order valence-electron chi connectivity index (χ2n) is 3.31. The second kappa shape index (κ2) is 4.71. The predicted octanol–water partition coefficient (Wildman–Crippen LogP) is 2.15. The molecule has 1 N–H and O–H groups in total. The molecule has 0 aliphatic rings. The van der Waals surface area contributed by atoms with Crippen LogP contribution in [0.15, 0.2) is 10.9 Å². The average molecular weight is 253 g/mol. The van der Waals surface area contributed by atoms with Gasteiger partial charge in [-0.2, -0.15) is 0 Å². The maximum Gasteiger partial charge on any atom is 0.271 e. The number of amides is 1. The summed E-state index contributed by atoms with van der Waals surface area (Å²) in [6.07, 6.45) is 0. The molecule has 16 heavy (non-hydrogen) atoms. The molecule has 2 rings (SSSR count). The van der Waals surface area contributed by atoms with Crippen LogP contribution in [0.1, 0.15) is 26.1 Å². The number of aromatic nitrogens is 2. The highest BCUT2D eigenvalue weighted by molar-refractivity contribution is 7.11. The van der Waals surface area contributed by atoms with Crippen LogP contribution in [-0.4, -0.2) is 15.9 Å². The average Bonchev–Trinajstić information content (AvgIpc) is 2.86. The molecule has 0 aliphatic carbocycles. The molecule has 6 heteroatoms. The summed E-state index contributed by atoms with van der Waals surface area (Å²) < 4.78 is 0. The van der Waals surface area contributed by atoms with Crippen molar-refractivity contribution in [3.8, 4) is 0 Å². The van der Waals surface area contributed by atoms with Gasteiger partial charge in [-0.15, -0.1) is 22.7 Å². The van der Waals surface area contributed by atoms with Crippen LogP contribution in [0.25, 0.3) is 0 Å². The summed E-state index contributed by atoms with van der Waals surface area (Å²) in [5.74, 6) is -0.147. The smallest absolute Gasteiger partial charge is 0.271 e. The molecule has 4 nitrogen and oxygen atoms in total. The highest BCUT2D eigenvalue weighted by Crippen LogP contribution is 2.16. The molecule has 0 atom stereocenters. The van der Waals surface area contributed by atoms with Crippen LogP contribution in [-0.2, 0) is 6.54 Å². The molecule has 84 valence electrons. The van der Waals surface area contributed by atoms with Crippen LogP contribution < -0.4 is 5.32 Å². The van der Waals surface area contributed by atoms with Gasteiger partial charge < -0.3 is 5.32 Å². The lowest BCUT2D eigenvalue weighted by atomic mass is 10.4. The molecule has 2 heterocycles. The van der Waals surface area contributed by atoms with E-state index in [1.165, 1.54) is 16.2 Å². The normalized spacial score (nSPS) is 10.4. The van der Waals surface area contributed by atoms with Crippen molar-refractivity contribution in [1.82, 2.24) is 15.3 Å². The van der Waals surface area contributed by atoms with E-state index < -0.39 is 0 Å². The minimum absolute atomic E-state index is 0.147. The summed E-state index contributed by atoms with van der Waals surface area (Å²) in [4.78, 5) is 21.1. The molecule has 0 aromatic carbocycles. The Bertz CT molecular complexity index is 471. The van der Waals surface area contributed by atoms with Gasteiger partial charge in [-0.25, -0.2) is 9.97 Å². The minimum Gasteiger partial charge on any atom is -0.344 e. The van der Waals surface area contributed by atoms with Crippen molar-refractivity contribution in [2.24, 2.45) is 0 Å². The van der Waals surface area contributed by atoms with Crippen molar-refractivity contribution in [3.05, 3.63) is 32.2 Å². The number of carbonyl (C=O) groups excluding carboxylic acids is 1. The molecule has 0 unspecified atom stereocenters. The lowest BCUT2D eigenvalue weighted by molar-refractivity contribution is 0.0946. The van der Waals surface area contributed by atoms with E-state index in [1.807, 2.05) is 13.8 Å². The first-order chi connectivity index (χ1) is 7.66. The quantitative estimate of drug-likeness (QED) is 0.912. The van der Waals surface area contributed by atoms with E-state index in [1.54, 1.807) is 22.2 Å². The Morgan fingerprint density at radius 2 is 2.31 bits per heavy atom. The van der Waals surface area contributed by atoms with Crippen LogP contribution in [0.4, 0.5) is 0 Å². The van der Waals surface area contributed by atoms with Gasteiger partial charge in [-0.1, -0.05) is 0 Å². The van der Waals surface area contributed by atoms with Gasteiger partial charge in [0.2, 0.25) is 0 Å². The molecule has 0 spiro atoms. The molecule has 0 bridgehead atoms. The standard InChI is InChI=1S/C10H11N3OS2/c1-6-7(2)16-9(13-6)3-11-10(14)8-4-15-5-12-8/h4-5H,3H2,1-2H3,(H,11,14). The molecule has 0 fully saturated rings. The van der Waals surface area contributed by atoms with Crippen LogP contribution in [0, 0.1) is 13.8 Å². The van der Waals surface area contributed by atoms with Gasteiger partial charge in [0, 0.05) is 10.3 Å². The van der Waals surface area contributed by atoms with Gasteiger partial charge in [0.05, 0.1) is 17.7 Å². The fourth-order valence-electron chi connectivity index (χ4n) is 1.19.